The first-order chi connectivity index (χ1) is 9.33. The summed E-state index contributed by atoms with van der Waals surface area (Å²) in [6, 6.07) is 8.75. The minimum absolute atomic E-state index is 0.244. The summed E-state index contributed by atoms with van der Waals surface area (Å²) in [6.07, 6.45) is 9.35. The van der Waals surface area contributed by atoms with E-state index in [-0.39, 0.29) is 11.9 Å². The molecular weight excluding hydrogens is 234 g/mol. The number of rotatable bonds is 4. The van der Waals surface area contributed by atoms with Gasteiger partial charge in [-0.05, 0) is 36.3 Å². The molecule has 2 nitrogen and oxygen atoms in total. The molecule has 0 spiro atoms. The highest BCUT2D eigenvalue weighted by Crippen LogP contribution is 2.31. The van der Waals surface area contributed by atoms with E-state index in [1.54, 1.807) is 0 Å². The third-order valence-electron chi connectivity index (χ3n) is 4.72. The van der Waals surface area contributed by atoms with Crippen molar-refractivity contribution in [2.45, 2.75) is 57.4 Å². The summed E-state index contributed by atoms with van der Waals surface area (Å²) in [7, 11) is 0. The van der Waals surface area contributed by atoms with Crippen LogP contribution in [0, 0.1) is 5.92 Å². The van der Waals surface area contributed by atoms with E-state index in [1.165, 1.54) is 36.8 Å². The average molecular weight is 257 g/mol. The van der Waals surface area contributed by atoms with E-state index in [9.17, 15) is 4.79 Å². The van der Waals surface area contributed by atoms with Gasteiger partial charge in [0.25, 0.3) is 0 Å². The standard InChI is InChI=1S/C17H23NO/c19-17(12-9-13-5-1-2-6-13)18-16-11-10-14-7-3-4-8-15(14)16/h3-4,7-8,13,16H,1-2,5-6,9-12H2,(H,18,19)/t16-/m1/s1. The molecule has 0 bridgehead atoms. The zero-order chi connectivity index (χ0) is 13.1. The van der Waals surface area contributed by atoms with Crippen LogP contribution in [0.25, 0.3) is 0 Å². The second-order valence-corrected chi connectivity index (χ2v) is 6.05. The molecule has 19 heavy (non-hydrogen) atoms. The van der Waals surface area contributed by atoms with Crippen LogP contribution in [0.15, 0.2) is 24.3 Å². The third-order valence-corrected chi connectivity index (χ3v) is 4.72. The van der Waals surface area contributed by atoms with Gasteiger partial charge in [0.1, 0.15) is 0 Å². The number of carbonyl (C=O) groups is 1. The van der Waals surface area contributed by atoms with Crippen LogP contribution in [-0.2, 0) is 11.2 Å². The summed E-state index contributed by atoms with van der Waals surface area (Å²) < 4.78 is 0. The fourth-order valence-corrected chi connectivity index (χ4v) is 3.61. The molecule has 0 radical (unpaired) electrons. The summed E-state index contributed by atoms with van der Waals surface area (Å²) in [5.74, 6) is 1.05. The number of benzene rings is 1. The monoisotopic (exact) mass is 257 g/mol. The lowest BCUT2D eigenvalue weighted by atomic mass is 10.0. The Morgan fingerprint density at radius 3 is 2.79 bits per heavy atom. The maximum atomic E-state index is 12.1. The molecule has 1 N–H and O–H groups in total. The van der Waals surface area contributed by atoms with Crippen LogP contribution >= 0.6 is 0 Å². The van der Waals surface area contributed by atoms with Gasteiger partial charge in [-0.25, -0.2) is 0 Å². The Morgan fingerprint density at radius 2 is 1.95 bits per heavy atom. The first-order valence-electron chi connectivity index (χ1n) is 7.70. The number of carbonyl (C=O) groups excluding carboxylic acids is 1. The predicted molar refractivity (Wildman–Crippen MR) is 76.8 cm³/mol. The Hall–Kier alpha value is -1.31. The van der Waals surface area contributed by atoms with Crippen molar-refractivity contribution in [3.05, 3.63) is 35.4 Å². The van der Waals surface area contributed by atoms with E-state index in [2.05, 4.69) is 29.6 Å². The highest BCUT2D eigenvalue weighted by atomic mass is 16.1. The maximum Gasteiger partial charge on any atom is 0.220 e. The van der Waals surface area contributed by atoms with Crippen LogP contribution in [-0.4, -0.2) is 5.91 Å². The quantitative estimate of drug-likeness (QED) is 0.874. The van der Waals surface area contributed by atoms with Gasteiger partial charge < -0.3 is 5.32 Å². The van der Waals surface area contributed by atoms with Gasteiger partial charge in [-0.15, -0.1) is 0 Å². The van der Waals surface area contributed by atoms with Crippen molar-refractivity contribution >= 4 is 5.91 Å². The van der Waals surface area contributed by atoms with Gasteiger partial charge in [0.2, 0.25) is 5.91 Å². The van der Waals surface area contributed by atoms with E-state index in [0.717, 1.165) is 25.2 Å². The Morgan fingerprint density at radius 1 is 1.16 bits per heavy atom. The fourth-order valence-electron chi connectivity index (χ4n) is 3.61. The molecule has 2 aliphatic rings. The molecule has 1 atom stereocenters. The molecule has 1 amide bonds. The molecule has 2 heteroatoms. The smallest absolute Gasteiger partial charge is 0.220 e. The highest BCUT2D eigenvalue weighted by molar-refractivity contribution is 5.76. The van der Waals surface area contributed by atoms with Crippen LogP contribution in [0.2, 0.25) is 0 Å². The summed E-state index contributed by atoms with van der Waals surface area (Å²) in [6.45, 7) is 0. The molecule has 1 aromatic rings. The zero-order valence-corrected chi connectivity index (χ0v) is 11.5. The summed E-state index contributed by atoms with van der Waals surface area (Å²) in [5.41, 5.74) is 2.74. The van der Waals surface area contributed by atoms with E-state index >= 15 is 0 Å². The lowest BCUT2D eigenvalue weighted by Crippen LogP contribution is -2.27. The van der Waals surface area contributed by atoms with Crippen molar-refractivity contribution in [2.75, 3.05) is 0 Å². The van der Waals surface area contributed by atoms with Gasteiger partial charge in [0, 0.05) is 6.42 Å². The number of hydrogen-bond donors (Lipinski definition) is 1. The summed E-state index contributed by atoms with van der Waals surface area (Å²) in [5, 5.41) is 3.22. The molecule has 0 aliphatic heterocycles. The average Bonchev–Trinajstić information content (AvgIpc) is 3.07. The minimum Gasteiger partial charge on any atom is -0.349 e. The van der Waals surface area contributed by atoms with Crippen molar-refractivity contribution in [2.24, 2.45) is 5.92 Å². The third kappa shape index (κ3) is 2.99. The van der Waals surface area contributed by atoms with Crippen LogP contribution in [0.5, 0.6) is 0 Å². The lowest BCUT2D eigenvalue weighted by Gasteiger charge is -2.15. The van der Waals surface area contributed by atoms with Gasteiger partial charge in [-0.2, -0.15) is 0 Å². The molecule has 0 saturated heterocycles. The predicted octanol–water partition coefficient (Wildman–Crippen LogP) is 3.76. The Balaban J connectivity index is 1.50. The van der Waals surface area contributed by atoms with Gasteiger partial charge in [-0.3, -0.25) is 4.79 Å². The van der Waals surface area contributed by atoms with E-state index in [1.807, 2.05) is 0 Å². The van der Waals surface area contributed by atoms with Crippen LogP contribution < -0.4 is 5.32 Å². The van der Waals surface area contributed by atoms with E-state index in [4.69, 9.17) is 0 Å². The van der Waals surface area contributed by atoms with Gasteiger partial charge in [0.05, 0.1) is 6.04 Å². The molecule has 0 unspecified atom stereocenters. The van der Waals surface area contributed by atoms with Crippen LogP contribution in [0.3, 0.4) is 0 Å². The molecule has 3 rings (SSSR count). The number of hydrogen-bond acceptors (Lipinski definition) is 1. The number of aryl methyl sites for hydroxylation is 1. The van der Waals surface area contributed by atoms with Gasteiger partial charge in [-0.1, -0.05) is 49.9 Å². The Labute approximate surface area is 115 Å². The molecule has 102 valence electrons. The van der Waals surface area contributed by atoms with E-state index in [0.29, 0.717) is 6.42 Å². The first kappa shape index (κ1) is 12.7. The van der Waals surface area contributed by atoms with Gasteiger partial charge >= 0.3 is 0 Å². The molecule has 0 aromatic heterocycles. The van der Waals surface area contributed by atoms with E-state index < -0.39 is 0 Å². The molecule has 1 fully saturated rings. The SMILES string of the molecule is O=C(CCC1CCCC1)N[C@@H]1CCc2ccccc21. The molecule has 2 aliphatic carbocycles. The largest absolute Gasteiger partial charge is 0.349 e. The maximum absolute atomic E-state index is 12.1. The van der Waals surface area contributed by atoms with Crippen molar-refractivity contribution < 1.29 is 4.79 Å². The Kier molecular flexibility index (Phi) is 3.86. The Bertz CT molecular complexity index is 448. The van der Waals surface area contributed by atoms with Crippen LogP contribution in [0.4, 0.5) is 0 Å². The lowest BCUT2D eigenvalue weighted by molar-refractivity contribution is -0.122. The summed E-state index contributed by atoms with van der Waals surface area (Å²) >= 11 is 0. The normalized spacial score (nSPS) is 22.4. The zero-order valence-electron chi connectivity index (χ0n) is 11.5. The van der Waals surface area contributed by atoms with Crippen molar-refractivity contribution in [3.8, 4) is 0 Å². The fraction of sp³-hybridized carbons (Fsp3) is 0.588. The number of amides is 1. The highest BCUT2D eigenvalue weighted by Gasteiger charge is 2.23. The number of nitrogens with one attached hydrogen (secondary N) is 1. The van der Waals surface area contributed by atoms with Crippen molar-refractivity contribution in [3.63, 3.8) is 0 Å². The first-order valence-corrected chi connectivity index (χ1v) is 7.70. The van der Waals surface area contributed by atoms with Crippen molar-refractivity contribution in [1.82, 2.24) is 5.32 Å². The van der Waals surface area contributed by atoms with Crippen molar-refractivity contribution in [1.29, 1.82) is 0 Å². The molecule has 1 saturated carbocycles. The molecular formula is C17H23NO. The molecule has 1 aromatic carbocycles. The second-order valence-electron chi connectivity index (χ2n) is 6.05. The van der Waals surface area contributed by atoms with Gasteiger partial charge in [0.15, 0.2) is 0 Å². The molecule has 0 heterocycles. The number of fused-ring (bicyclic) bond motifs is 1. The topological polar surface area (TPSA) is 29.1 Å². The van der Waals surface area contributed by atoms with Crippen LogP contribution in [0.1, 0.15) is 62.1 Å². The second kappa shape index (κ2) is 5.77. The minimum atomic E-state index is 0.244. The summed E-state index contributed by atoms with van der Waals surface area (Å²) in [4.78, 5) is 12.1.